The van der Waals surface area contributed by atoms with Crippen molar-refractivity contribution in [2.45, 2.75) is 12.5 Å². The Labute approximate surface area is 100 Å². The third-order valence-corrected chi connectivity index (χ3v) is 2.14. The Morgan fingerprint density at radius 1 is 1.28 bits per heavy atom. The molecule has 0 saturated carbocycles. The maximum Gasteiger partial charge on any atom is 0.328 e. The van der Waals surface area contributed by atoms with Gasteiger partial charge in [0.1, 0.15) is 6.67 Å². The molecule has 0 fully saturated rings. The van der Waals surface area contributed by atoms with E-state index in [0.29, 0.717) is 0 Å². The summed E-state index contributed by atoms with van der Waals surface area (Å²) in [6, 6.07) is 1.22. The highest BCUT2D eigenvalue weighted by atomic mass is 19.2. The van der Waals surface area contributed by atoms with E-state index in [0.717, 1.165) is 12.1 Å². The van der Waals surface area contributed by atoms with Gasteiger partial charge in [-0.2, -0.15) is 0 Å². The summed E-state index contributed by atoms with van der Waals surface area (Å²) in [6.45, 7) is -1.25. The van der Waals surface area contributed by atoms with E-state index < -0.39 is 36.2 Å². The van der Waals surface area contributed by atoms with E-state index >= 15 is 0 Å². The van der Waals surface area contributed by atoms with Crippen LogP contribution in [0.25, 0.3) is 0 Å². The van der Waals surface area contributed by atoms with Crippen LogP contribution in [0.1, 0.15) is 5.56 Å². The van der Waals surface area contributed by atoms with E-state index in [1.54, 1.807) is 0 Å². The number of carbonyl (C=O) groups is 2. The SMILES string of the molecule is O=C(Cc1ccc(F)c(F)c1)NC(CF)C(=O)O. The van der Waals surface area contributed by atoms with Crippen LogP contribution >= 0.6 is 0 Å². The smallest absolute Gasteiger partial charge is 0.328 e. The van der Waals surface area contributed by atoms with Crippen molar-refractivity contribution in [2.24, 2.45) is 0 Å². The normalized spacial score (nSPS) is 11.9. The highest BCUT2D eigenvalue weighted by Gasteiger charge is 2.19. The van der Waals surface area contributed by atoms with Crippen LogP contribution in [0.15, 0.2) is 18.2 Å². The molecule has 7 heteroatoms. The van der Waals surface area contributed by atoms with E-state index in [-0.39, 0.29) is 12.0 Å². The van der Waals surface area contributed by atoms with Gasteiger partial charge in [0.15, 0.2) is 17.7 Å². The summed E-state index contributed by atoms with van der Waals surface area (Å²) in [7, 11) is 0. The van der Waals surface area contributed by atoms with Crippen molar-refractivity contribution in [3.63, 3.8) is 0 Å². The second-order valence-electron chi connectivity index (χ2n) is 3.54. The van der Waals surface area contributed by atoms with Crippen molar-refractivity contribution in [1.82, 2.24) is 5.32 Å². The molecule has 0 radical (unpaired) electrons. The average Bonchev–Trinajstić information content (AvgIpc) is 2.30. The number of carbonyl (C=O) groups excluding carboxylic acids is 1. The van der Waals surface area contributed by atoms with Gasteiger partial charge in [-0.15, -0.1) is 0 Å². The first-order chi connectivity index (χ1) is 8.43. The zero-order valence-corrected chi connectivity index (χ0v) is 9.12. The van der Waals surface area contributed by atoms with E-state index in [2.05, 4.69) is 0 Å². The average molecular weight is 261 g/mol. The molecule has 0 aromatic heterocycles. The molecule has 0 aliphatic carbocycles. The fourth-order valence-corrected chi connectivity index (χ4v) is 1.25. The summed E-state index contributed by atoms with van der Waals surface area (Å²) >= 11 is 0. The summed E-state index contributed by atoms with van der Waals surface area (Å²) in [5.74, 6) is -4.45. The van der Waals surface area contributed by atoms with Crippen LogP contribution < -0.4 is 5.32 Å². The Balaban J connectivity index is 2.64. The maximum atomic E-state index is 12.8. The molecule has 0 spiro atoms. The van der Waals surface area contributed by atoms with Gasteiger partial charge in [-0.3, -0.25) is 4.79 Å². The Hall–Kier alpha value is -2.05. The molecule has 98 valence electrons. The number of hydrogen-bond acceptors (Lipinski definition) is 2. The molecule has 0 heterocycles. The first-order valence-corrected chi connectivity index (χ1v) is 4.96. The standard InChI is InChI=1S/C11H10F3NO3/c12-5-9(11(17)18)15-10(16)4-6-1-2-7(13)8(14)3-6/h1-3,9H,4-5H2,(H,15,16)(H,17,18). The molecular weight excluding hydrogens is 251 g/mol. The van der Waals surface area contributed by atoms with Crippen molar-refractivity contribution in [2.75, 3.05) is 6.67 Å². The first kappa shape index (κ1) is 14.0. The third-order valence-electron chi connectivity index (χ3n) is 2.14. The minimum absolute atomic E-state index is 0.161. The largest absolute Gasteiger partial charge is 0.480 e. The van der Waals surface area contributed by atoms with Crippen LogP contribution in [0.4, 0.5) is 13.2 Å². The number of benzene rings is 1. The molecule has 18 heavy (non-hydrogen) atoms. The fourth-order valence-electron chi connectivity index (χ4n) is 1.25. The van der Waals surface area contributed by atoms with Crippen molar-refractivity contribution >= 4 is 11.9 Å². The summed E-state index contributed by atoms with van der Waals surface area (Å²) in [5, 5.41) is 10.4. The lowest BCUT2D eigenvalue weighted by Gasteiger charge is -2.10. The quantitative estimate of drug-likeness (QED) is 0.832. The number of halogens is 3. The van der Waals surface area contributed by atoms with Crippen LogP contribution in [0.5, 0.6) is 0 Å². The molecule has 0 aliphatic heterocycles. The molecule has 1 unspecified atom stereocenters. The third kappa shape index (κ3) is 3.76. The van der Waals surface area contributed by atoms with E-state index in [1.807, 2.05) is 5.32 Å². The van der Waals surface area contributed by atoms with E-state index in [9.17, 15) is 22.8 Å². The van der Waals surface area contributed by atoms with Crippen LogP contribution in [0.2, 0.25) is 0 Å². The van der Waals surface area contributed by atoms with Crippen LogP contribution in [0.3, 0.4) is 0 Å². The van der Waals surface area contributed by atoms with Gasteiger partial charge in [-0.25, -0.2) is 18.0 Å². The van der Waals surface area contributed by atoms with Gasteiger partial charge in [0.2, 0.25) is 5.91 Å². The molecule has 1 atom stereocenters. The molecule has 1 aromatic carbocycles. The number of carboxylic acid groups (broad SMARTS) is 1. The zero-order chi connectivity index (χ0) is 13.7. The molecule has 0 aliphatic rings. The lowest BCUT2D eigenvalue weighted by atomic mass is 10.1. The number of hydrogen-bond donors (Lipinski definition) is 2. The molecule has 0 bridgehead atoms. The second kappa shape index (κ2) is 6.04. The Morgan fingerprint density at radius 2 is 1.94 bits per heavy atom. The predicted molar refractivity (Wildman–Crippen MR) is 55.6 cm³/mol. The number of carboxylic acids is 1. The topological polar surface area (TPSA) is 66.4 Å². The minimum Gasteiger partial charge on any atom is -0.480 e. The number of alkyl halides is 1. The zero-order valence-electron chi connectivity index (χ0n) is 9.12. The van der Waals surface area contributed by atoms with Gasteiger partial charge in [-0.05, 0) is 17.7 Å². The number of amides is 1. The monoisotopic (exact) mass is 261 g/mol. The molecule has 1 rings (SSSR count). The lowest BCUT2D eigenvalue weighted by molar-refractivity contribution is -0.142. The Bertz CT molecular complexity index is 465. The van der Waals surface area contributed by atoms with Crippen molar-refractivity contribution in [3.8, 4) is 0 Å². The summed E-state index contributed by atoms with van der Waals surface area (Å²) in [5.41, 5.74) is 0.161. The molecule has 4 nitrogen and oxygen atoms in total. The maximum absolute atomic E-state index is 12.8. The molecule has 2 N–H and O–H groups in total. The first-order valence-electron chi connectivity index (χ1n) is 4.96. The summed E-state index contributed by atoms with van der Waals surface area (Å²) in [6.07, 6.45) is -0.360. The van der Waals surface area contributed by atoms with Gasteiger partial charge in [-0.1, -0.05) is 6.07 Å². The number of nitrogens with one attached hydrogen (secondary N) is 1. The van der Waals surface area contributed by atoms with Crippen LogP contribution in [-0.2, 0) is 16.0 Å². The minimum atomic E-state index is -1.64. The second-order valence-corrected chi connectivity index (χ2v) is 3.54. The van der Waals surface area contributed by atoms with E-state index in [4.69, 9.17) is 5.11 Å². The Kier molecular flexibility index (Phi) is 4.70. The van der Waals surface area contributed by atoms with Gasteiger partial charge in [0.25, 0.3) is 0 Å². The summed E-state index contributed by atoms with van der Waals surface area (Å²) in [4.78, 5) is 21.8. The summed E-state index contributed by atoms with van der Waals surface area (Å²) < 4.78 is 37.6. The molecule has 0 saturated heterocycles. The van der Waals surface area contributed by atoms with Gasteiger partial charge in [0, 0.05) is 0 Å². The van der Waals surface area contributed by atoms with Gasteiger partial charge in [0.05, 0.1) is 6.42 Å². The van der Waals surface area contributed by atoms with Crippen molar-refractivity contribution < 1.29 is 27.9 Å². The van der Waals surface area contributed by atoms with Crippen LogP contribution in [0, 0.1) is 11.6 Å². The number of rotatable bonds is 5. The predicted octanol–water partition coefficient (Wildman–Crippen LogP) is 1.05. The highest BCUT2D eigenvalue weighted by Crippen LogP contribution is 2.09. The van der Waals surface area contributed by atoms with Crippen molar-refractivity contribution in [3.05, 3.63) is 35.4 Å². The fraction of sp³-hybridized carbons (Fsp3) is 0.273. The lowest BCUT2D eigenvalue weighted by Crippen LogP contribution is -2.43. The van der Waals surface area contributed by atoms with Crippen molar-refractivity contribution in [1.29, 1.82) is 0 Å². The van der Waals surface area contributed by atoms with Gasteiger partial charge >= 0.3 is 5.97 Å². The molecule has 1 amide bonds. The number of aliphatic carboxylic acids is 1. The van der Waals surface area contributed by atoms with E-state index in [1.165, 1.54) is 6.07 Å². The molecular formula is C11H10F3NO3. The Morgan fingerprint density at radius 3 is 2.44 bits per heavy atom. The molecule has 1 aromatic rings. The van der Waals surface area contributed by atoms with Gasteiger partial charge < -0.3 is 10.4 Å². The van der Waals surface area contributed by atoms with Crippen LogP contribution in [-0.4, -0.2) is 29.7 Å². The highest BCUT2D eigenvalue weighted by molar-refractivity contribution is 5.84.